The molecular formula is C11H14FNO. The molecule has 1 aliphatic carbocycles. The van der Waals surface area contributed by atoms with Crippen LogP contribution in [0.5, 0.6) is 5.75 Å². The van der Waals surface area contributed by atoms with E-state index in [4.69, 9.17) is 4.74 Å². The highest BCUT2D eigenvalue weighted by Crippen LogP contribution is 2.30. The normalized spacial score (nSPS) is 16.0. The number of nitrogens with zero attached hydrogens (tertiary/aromatic N) is 1. The van der Waals surface area contributed by atoms with Crippen LogP contribution in [0, 0.1) is 5.82 Å². The summed E-state index contributed by atoms with van der Waals surface area (Å²) in [5.74, 6) is 0.200. The molecule has 1 aromatic rings. The van der Waals surface area contributed by atoms with Crippen LogP contribution in [0.3, 0.4) is 0 Å². The molecule has 0 N–H and O–H groups in total. The molecule has 1 fully saturated rings. The second-order valence-corrected chi connectivity index (χ2v) is 4.01. The Balaban J connectivity index is 2.25. The minimum Gasteiger partial charge on any atom is -0.486 e. The lowest BCUT2D eigenvalue weighted by molar-refractivity contribution is 0.284. The van der Waals surface area contributed by atoms with E-state index in [0.717, 1.165) is 12.8 Å². The molecule has 0 aliphatic heterocycles. The van der Waals surface area contributed by atoms with Crippen LogP contribution < -0.4 is 4.74 Å². The Kier molecular flexibility index (Phi) is 2.40. The van der Waals surface area contributed by atoms with Crippen LogP contribution in [0.15, 0.2) is 12.4 Å². The van der Waals surface area contributed by atoms with Gasteiger partial charge >= 0.3 is 0 Å². The van der Waals surface area contributed by atoms with Gasteiger partial charge in [-0.05, 0) is 18.8 Å². The summed E-state index contributed by atoms with van der Waals surface area (Å²) in [6.45, 7) is 3.89. The van der Waals surface area contributed by atoms with Crippen molar-refractivity contribution in [2.24, 2.45) is 0 Å². The molecule has 1 aromatic heterocycles. The molecule has 76 valence electrons. The van der Waals surface area contributed by atoms with Gasteiger partial charge in [0.25, 0.3) is 0 Å². The van der Waals surface area contributed by atoms with Crippen LogP contribution in [0.25, 0.3) is 0 Å². The van der Waals surface area contributed by atoms with Crippen molar-refractivity contribution < 1.29 is 9.13 Å². The van der Waals surface area contributed by atoms with E-state index in [9.17, 15) is 4.39 Å². The highest BCUT2D eigenvalue weighted by atomic mass is 19.1. The van der Waals surface area contributed by atoms with Crippen molar-refractivity contribution in [1.82, 2.24) is 4.98 Å². The van der Waals surface area contributed by atoms with Crippen molar-refractivity contribution in [2.45, 2.75) is 38.7 Å². The first kappa shape index (κ1) is 9.44. The summed E-state index contributed by atoms with van der Waals surface area (Å²) in [5, 5.41) is 0. The van der Waals surface area contributed by atoms with E-state index in [1.165, 1.54) is 6.20 Å². The number of aromatic nitrogens is 1. The average Bonchev–Trinajstić information content (AvgIpc) is 2.92. The quantitative estimate of drug-likeness (QED) is 0.739. The molecule has 0 atom stereocenters. The monoisotopic (exact) mass is 195 g/mol. The van der Waals surface area contributed by atoms with E-state index < -0.39 is 0 Å². The van der Waals surface area contributed by atoms with E-state index in [1.807, 2.05) is 13.8 Å². The summed E-state index contributed by atoms with van der Waals surface area (Å²) in [6, 6.07) is 0. The smallest absolute Gasteiger partial charge is 0.173 e. The molecule has 0 aromatic carbocycles. The lowest BCUT2D eigenvalue weighted by Crippen LogP contribution is -2.02. The maximum absolute atomic E-state index is 13.7. The zero-order valence-electron chi connectivity index (χ0n) is 8.46. The molecule has 0 amide bonds. The summed E-state index contributed by atoms with van der Waals surface area (Å²) < 4.78 is 19.2. The molecule has 3 heteroatoms. The van der Waals surface area contributed by atoms with Crippen molar-refractivity contribution in [3.05, 3.63) is 23.8 Å². The van der Waals surface area contributed by atoms with Crippen LogP contribution >= 0.6 is 0 Å². The SMILES string of the molecule is CC(C)c1cncc(OC2CC2)c1F. The molecule has 1 heterocycles. The van der Waals surface area contributed by atoms with E-state index in [-0.39, 0.29) is 17.8 Å². The summed E-state index contributed by atoms with van der Waals surface area (Å²) in [5.41, 5.74) is 0.628. The Morgan fingerprint density at radius 2 is 2.14 bits per heavy atom. The number of pyridine rings is 1. The maximum Gasteiger partial charge on any atom is 0.173 e. The number of hydrogen-bond acceptors (Lipinski definition) is 2. The number of halogens is 1. The van der Waals surface area contributed by atoms with Gasteiger partial charge in [-0.3, -0.25) is 4.98 Å². The third-order valence-electron chi connectivity index (χ3n) is 2.32. The topological polar surface area (TPSA) is 22.1 Å². The molecular weight excluding hydrogens is 181 g/mol. The predicted molar refractivity (Wildman–Crippen MR) is 51.9 cm³/mol. The Morgan fingerprint density at radius 3 is 2.71 bits per heavy atom. The lowest BCUT2D eigenvalue weighted by atomic mass is 10.1. The molecule has 2 nitrogen and oxygen atoms in total. The van der Waals surface area contributed by atoms with Crippen molar-refractivity contribution >= 4 is 0 Å². The van der Waals surface area contributed by atoms with Gasteiger partial charge in [-0.1, -0.05) is 13.8 Å². The molecule has 1 saturated carbocycles. The van der Waals surface area contributed by atoms with E-state index in [2.05, 4.69) is 4.98 Å². The second-order valence-electron chi connectivity index (χ2n) is 4.01. The lowest BCUT2D eigenvalue weighted by Gasteiger charge is -2.10. The van der Waals surface area contributed by atoms with Crippen LogP contribution in [0.1, 0.15) is 38.2 Å². The Bertz CT molecular complexity index is 334. The summed E-state index contributed by atoms with van der Waals surface area (Å²) in [4.78, 5) is 3.98. The minimum absolute atomic E-state index is 0.144. The first-order chi connectivity index (χ1) is 6.68. The fourth-order valence-electron chi connectivity index (χ4n) is 1.29. The van der Waals surface area contributed by atoms with E-state index in [0.29, 0.717) is 11.3 Å². The summed E-state index contributed by atoms with van der Waals surface area (Å²) in [7, 11) is 0. The second kappa shape index (κ2) is 3.56. The number of hydrogen-bond donors (Lipinski definition) is 0. The largest absolute Gasteiger partial charge is 0.486 e. The van der Waals surface area contributed by atoms with Crippen LogP contribution in [0.4, 0.5) is 4.39 Å². The van der Waals surface area contributed by atoms with Crippen molar-refractivity contribution in [2.75, 3.05) is 0 Å². The first-order valence-corrected chi connectivity index (χ1v) is 4.98. The summed E-state index contributed by atoms with van der Waals surface area (Å²) >= 11 is 0. The Hall–Kier alpha value is -1.12. The van der Waals surface area contributed by atoms with Gasteiger partial charge in [0.05, 0.1) is 12.3 Å². The highest BCUT2D eigenvalue weighted by Gasteiger charge is 2.25. The zero-order valence-corrected chi connectivity index (χ0v) is 8.46. The summed E-state index contributed by atoms with van der Waals surface area (Å²) in [6.07, 6.45) is 5.31. The Morgan fingerprint density at radius 1 is 1.43 bits per heavy atom. The highest BCUT2D eigenvalue weighted by molar-refractivity contribution is 5.29. The minimum atomic E-state index is -0.248. The van der Waals surface area contributed by atoms with E-state index in [1.54, 1.807) is 6.20 Å². The van der Waals surface area contributed by atoms with Crippen LogP contribution in [0.2, 0.25) is 0 Å². The van der Waals surface area contributed by atoms with Crippen molar-refractivity contribution in [1.29, 1.82) is 0 Å². The fraction of sp³-hybridized carbons (Fsp3) is 0.545. The van der Waals surface area contributed by atoms with Gasteiger partial charge in [0.15, 0.2) is 11.6 Å². The predicted octanol–water partition coefficient (Wildman–Crippen LogP) is 2.89. The van der Waals surface area contributed by atoms with Crippen molar-refractivity contribution in [3.8, 4) is 5.75 Å². The molecule has 0 saturated heterocycles. The van der Waals surface area contributed by atoms with Gasteiger partial charge in [0, 0.05) is 11.8 Å². The molecule has 0 radical (unpaired) electrons. The third kappa shape index (κ3) is 1.86. The first-order valence-electron chi connectivity index (χ1n) is 4.98. The number of ether oxygens (including phenoxy) is 1. The van der Waals surface area contributed by atoms with Gasteiger partial charge in [-0.2, -0.15) is 0 Å². The molecule has 0 spiro atoms. The van der Waals surface area contributed by atoms with Gasteiger partial charge in [0.2, 0.25) is 0 Å². The van der Waals surface area contributed by atoms with Gasteiger partial charge in [-0.25, -0.2) is 4.39 Å². The van der Waals surface area contributed by atoms with E-state index >= 15 is 0 Å². The number of rotatable bonds is 3. The Labute approximate surface area is 83.1 Å². The van der Waals surface area contributed by atoms with Gasteiger partial charge in [0.1, 0.15) is 0 Å². The maximum atomic E-state index is 13.7. The molecule has 14 heavy (non-hydrogen) atoms. The average molecular weight is 195 g/mol. The molecule has 0 bridgehead atoms. The zero-order chi connectivity index (χ0) is 10.1. The standard InChI is InChI=1S/C11H14FNO/c1-7(2)9-5-13-6-10(11(9)12)14-8-3-4-8/h5-8H,3-4H2,1-2H3. The van der Waals surface area contributed by atoms with Crippen LogP contribution in [-0.2, 0) is 0 Å². The molecule has 1 aliphatic rings. The third-order valence-corrected chi connectivity index (χ3v) is 2.32. The molecule has 2 rings (SSSR count). The van der Waals surface area contributed by atoms with Crippen LogP contribution in [-0.4, -0.2) is 11.1 Å². The van der Waals surface area contributed by atoms with Gasteiger partial charge in [-0.15, -0.1) is 0 Å². The van der Waals surface area contributed by atoms with Gasteiger partial charge < -0.3 is 4.74 Å². The molecule has 0 unspecified atom stereocenters. The van der Waals surface area contributed by atoms with Crippen molar-refractivity contribution in [3.63, 3.8) is 0 Å². The fourth-order valence-corrected chi connectivity index (χ4v) is 1.29.